The molecule has 0 bridgehead atoms. The quantitative estimate of drug-likeness (QED) is 0.868. The highest BCUT2D eigenvalue weighted by atomic mass is 16.2. The van der Waals surface area contributed by atoms with Crippen molar-refractivity contribution < 1.29 is 4.79 Å². The van der Waals surface area contributed by atoms with Crippen LogP contribution < -0.4 is 0 Å². The minimum atomic E-state index is 0.156. The summed E-state index contributed by atoms with van der Waals surface area (Å²) in [5.74, 6) is 0.763. The number of nitrogens with zero attached hydrogens (tertiary/aromatic N) is 3. The first-order valence-electron chi connectivity index (χ1n) is 7.58. The van der Waals surface area contributed by atoms with Crippen molar-refractivity contribution in [2.45, 2.75) is 26.3 Å². The van der Waals surface area contributed by atoms with Crippen molar-refractivity contribution in [3.8, 4) is 0 Å². The van der Waals surface area contributed by atoms with Crippen molar-refractivity contribution >= 4 is 5.91 Å². The molecule has 1 fully saturated rings. The van der Waals surface area contributed by atoms with E-state index in [4.69, 9.17) is 0 Å². The van der Waals surface area contributed by atoms with Crippen LogP contribution in [0, 0.1) is 5.92 Å². The molecule has 1 aliphatic heterocycles. The summed E-state index contributed by atoms with van der Waals surface area (Å²) >= 11 is 0. The largest absolute Gasteiger partial charge is 0.338 e. The van der Waals surface area contributed by atoms with Gasteiger partial charge in [0.2, 0.25) is 0 Å². The van der Waals surface area contributed by atoms with Gasteiger partial charge in [-0.1, -0.05) is 19.1 Å². The summed E-state index contributed by atoms with van der Waals surface area (Å²) in [5.41, 5.74) is 1.89. The number of aromatic nitrogens is 2. The fraction of sp³-hybridized carbons (Fsp3) is 0.412. The van der Waals surface area contributed by atoms with Gasteiger partial charge in [-0.15, -0.1) is 0 Å². The molecular weight excluding hydrogens is 262 g/mol. The second-order valence-corrected chi connectivity index (χ2v) is 5.90. The van der Waals surface area contributed by atoms with Gasteiger partial charge in [0.25, 0.3) is 5.91 Å². The zero-order valence-corrected chi connectivity index (χ0v) is 12.4. The molecule has 0 unspecified atom stereocenters. The Morgan fingerprint density at radius 2 is 2.29 bits per heavy atom. The van der Waals surface area contributed by atoms with Gasteiger partial charge in [0, 0.05) is 31.0 Å². The molecular formula is C17H21N3O. The van der Waals surface area contributed by atoms with E-state index in [1.54, 1.807) is 6.20 Å². The number of hydrogen-bond donors (Lipinski definition) is 0. The van der Waals surface area contributed by atoms with E-state index in [1.807, 2.05) is 46.1 Å². The molecule has 4 heteroatoms. The van der Waals surface area contributed by atoms with Crippen LogP contribution in [-0.2, 0) is 6.54 Å². The van der Waals surface area contributed by atoms with Gasteiger partial charge in [-0.3, -0.25) is 9.48 Å². The highest BCUT2D eigenvalue weighted by Gasteiger charge is 2.22. The van der Waals surface area contributed by atoms with Crippen molar-refractivity contribution in [2.75, 3.05) is 13.1 Å². The van der Waals surface area contributed by atoms with Crippen molar-refractivity contribution in [3.63, 3.8) is 0 Å². The monoisotopic (exact) mass is 283 g/mol. The van der Waals surface area contributed by atoms with Crippen LogP contribution in [0.3, 0.4) is 0 Å². The Labute approximate surface area is 125 Å². The highest BCUT2D eigenvalue weighted by molar-refractivity contribution is 5.94. The first-order valence-corrected chi connectivity index (χ1v) is 7.58. The maximum Gasteiger partial charge on any atom is 0.253 e. The molecule has 2 heterocycles. The molecule has 0 spiro atoms. The van der Waals surface area contributed by atoms with Crippen LogP contribution in [-0.4, -0.2) is 33.7 Å². The van der Waals surface area contributed by atoms with Gasteiger partial charge in [-0.25, -0.2) is 0 Å². The summed E-state index contributed by atoms with van der Waals surface area (Å²) in [7, 11) is 0. The lowest BCUT2D eigenvalue weighted by molar-refractivity contribution is 0.0683. The number of rotatable bonds is 3. The Bertz CT molecular complexity index is 606. The Morgan fingerprint density at radius 1 is 1.38 bits per heavy atom. The predicted octanol–water partition coefficient (Wildman–Crippen LogP) is 2.80. The molecule has 0 aliphatic carbocycles. The van der Waals surface area contributed by atoms with E-state index in [-0.39, 0.29) is 5.91 Å². The van der Waals surface area contributed by atoms with Gasteiger partial charge < -0.3 is 4.90 Å². The number of carbonyl (C=O) groups excluding carboxylic acids is 1. The van der Waals surface area contributed by atoms with Crippen LogP contribution in [0.5, 0.6) is 0 Å². The van der Waals surface area contributed by atoms with Crippen LogP contribution in [0.4, 0.5) is 0 Å². The van der Waals surface area contributed by atoms with Crippen molar-refractivity contribution in [3.05, 3.63) is 53.9 Å². The topological polar surface area (TPSA) is 38.1 Å². The van der Waals surface area contributed by atoms with Crippen LogP contribution in [0.2, 0.25) is 0 Å². The molecule has 1 aromatic heterocycles. The van der Waals surface area contributed by atoms with E-state index in [2.05, 4.69) is 12.0 Å². The maximum atomic E-state index is 12.6. The van der Waals surface area contributed by atoms with E-state index < -0.39 is 0 Å². The van der Waals surface area contributed by atoms with Crippen LogP contribution in [0.15, 0.2) is 42.7 Å². The molecule has 0 radical (unpaired) electrons. The first kappa shape index (κ1) is 13.9. The maximum absolute atomic E-state index is 12.6. The lowest BCUT2D eigenvalue weighted by Crippen LogP contribution is -2.39. The fourth-order valence-corrected chi connectivity index (χ4v) is 2.94. The summed E-state index contributed by atoms with van der Waals surface area (Å²) in [6.07, 6.45) is 6.04. The van der Waals surface area contributed by atoms with Gasteiger partial charge in [-0.2, -0.15) is 5.10 Å². The Hall–Kier alpha value is -2.10. The second kappa shape index (κ2) is 6.12. The average Bonchev–Trinajstić information content (AvgIpc) is 3.00. The van der Waals surface area contributed by atoms with Crippen molar-refractivity contribution in [1.29, 1.82) is 0 Å². The molecule has 2 aromatic rings. The summed E-state index contributed by atoms with van der Waals surface area (Å²) in [6, 6.07) is 9.80. The molecule has 110 valence electrons. The second-order valence-electron chi connectivity index (χ2n) is 5.90. The molecule has 0 saturated carbocycles. The Kier molecular flexibility index (Phi) is 4.04. The van der Waals surface area contributed by atoms with E-state index in [1.165, 1.54) is 6.42 Å². The van der Waals surface area contributed by atoms with E-state index in [9.17, 15) is 4.79 Å². The van der Waals surface area contributed by atoms with Gasteiger partial charge in [0.15, 0.2) is 0 Å². The summed E-state index contributed by atoms with van der Waals surface area (Å²) < 4.78 is 1.87. The zero-order valence-electron chi connectivity index (χ0n) is 12.4. The van der Waals surface area contributed by atoms with Gasteiger partial charge >= 0.3 is 0 Å². The third-order valence-corrected chi connectivity index (χ3v) is 4.02. The van der Waals surface area contributed by atoms with Crippen LogP contribution in [0.1, 0.15) is 35.7 Å². The van der Waals surface area contributed by atoms with E-state index in [0.717, 1.165) is 30.6 Å². The molecule has 4 nitrogen and oxygen atoms in total. The standard InChI is InChI=1S/C17H21N3O/c1-14-5-3-9-19(12-14)17(21)16-7-2-6-15(11-16)13-20-10-4-8-18-20/h2,4,6-8,10-11,14H,3,5,9,12-13H2,1H3/t14-/m1/s1. The molecule has 1 aliphatic rings. The fourth-order valence-electron chi connectivity index (χ4n) is 2.94. The number of carbonyl (C=O) groups is 1. The number of piperidine rings is 1. The minimum absolute atomic E-state index is 0.156. The van der Waals surface area contributed by atoms with Gasteiger partial charge in [-0.05, 0) is 42.5 Å². The first-order chi connectivity index (χ1) is 10.2. The molecule has 3 rings (SSSR count). The van der Waals surface area contributed by atoms with Crippen LogP contribution >= 0.6 is 0 Å². The Balaban J connectivity index is 1.74. The Morgan fingerprint density at radius 3 is 3.05 bits per heavy atom. The zero-order chi connectivity index (χ0) is 14.7. The highest BCUT2D eigenvalue weighted by Crippen LogP contribution is 2.18. The smallest absolute Gasteiger partial charge is 0.253 e. The summed E-state index contributed by atoms with van der Waals surface area (Å²) in [5, 5.41) is 4.21. The molecule has 0 N–H and O–H groups in total. The van der Waals surface area contributed by atoms with Crippen molar-refractivity contribution in [2.24, 2.45) is 5.92 Å². The number of amides is 1. The summed E-state index contributed by atoms with van der Waals surface area (Å²) in [4.78, 5) is 14.6. The summed E-state index contributed by atoms with van der Waals surface area (Å²) in [6.45, 7) is 4.67. The van der Waals surface area contributed by atoms with Gasteiger partial charge in [0.1, 0.15) is 0 Å². The van der Waals surface area contributed by atoms with E-state index in [0.29, 0.717) is 12.5 Å². The molecule has 1 aromatic carbocycles. The average molecular weight is 283 g/mol. The van der Waals surface area contributed by atoms with Gasteiger partial charge in [0.05, 0.1) is 6.54 Å². The minimum Gasteiger partial charge on any atom is -0.338 e. The van der Waals surface area contributed by atoms with Crippen LogP contribution in [0.25, 0.3) is 0 Å². The third-order valence-electron chi connectivity index (χ3n) is 4.02. The lowest BCUT2D eigenvalue weighted by Gasteiger charge is -2.31. The van der Waals surface area contributed by atoms with E-state index >= 15 is 0 Å². The SMILES string of the molecule is C[C@@H]1CCCN(C(=O)c2cccc(Cn3cccn3)c2)C1. The molecule has 1 amide bonds. The lowest BCUT2D eigenvalue weighted by atomic mass is 9.99. The molecule has 1 saturated heterocycles. The number of likely N-dealkylation sites (tertiary alicyclic amines) is 1. The number of benzene rings is 1. The predicted molar refractivity (Wildman–Crippen MR) is 82.1 cm³/mol. The number of hydrogen-bond acceptors (Lipinski definition) is 2. The molecule has 1 atom stereocenters. The molecule has 21 heavy (non-hydrogen) atoms. The normalized spacial score (nSPS) is 18.7. The van der Waals surface area contributed by atoms with Crippen molar-refractivity contribution in [1.82, 2.24) is 14.7 Å². The third kappa shape index (κ3) is 3.32.